The first-order valence-corrected chi connectivity index (χ1v) is 9.15. The summed E-state index contributed by atoms with van der Waals surface area (Å²) >= 11 is 0. The molecule has 162 valence electrons. The number of nitrogens with two attached hydrogens (primary N) is 1. The predicted octanol–water partition coefficient (Wildman–Crippen LogP) is 1.51. The third-order valence-electron chi connectivity index (χ3n) is 4.35. The van der Waals surface area contributed by atoms with Crippen LogP contribution in [0.1, 0.15) is 40.8 Å². The fraction of sp³-hybridized carbons (Fsp3) is 0.667. The zero-order valence-corrected chi connectivity index (χ0v) is 16.8. The van der Waals surface area contributed by atoms with E-state index in [1.165, 1.54) is 20.8 Å². The van der Waals surface area contributed by atoms with Crippen molar-refractivity contribution in [2.45, 2.75) is 65.1 Å². The summed E-state index contributed by atoms with van der Waals surface area (Å²) in [6.45, 7) is 7.48. The summed E-state index contributed by atoms with van der Waals surface area (Å²) < 4.78 is 46.6. The van der Waals surface area contributed by atoms with Gasteiger partial charge in [0.2, 0.25) is 6.23 Å². The summed E-state index contributed by atoms with van der Waals surface area (Å²) in [4.78, 5) is 39.4. The Hall–Kier alpha value is -2.56. The molecule has 2 rings (SSSR count). The van der Waals surface area contributed by atoms with Crippen LogP contribution in [0.3, 0.4) is 0 Å². The van der Waals surface area contributed by atoms with E-state index in [4.69, 9.17) is 19.9 Å². The van der Waals surface area contributed by atoms with E-state index >= 15 is 8.78 Å². The van der Waals surface area contributed by atoms with Gasteiger partial charge >= 0.3 is 23.6 Å². The highest BCUT2D eigenvalue weighted by atomic mass is 19.3. The second-order valence-electron chi connectivity index (χ2n) is 7.48. The molecule has 1 aromatic heterocycles. The van der Waals surface area contributed by atoms with E-state index in [9.17, 15) is 14.4 Å². The molecule has 1 aliphatic heterocycles. The smallest absolute Gasteiger partial charge is 0.351 e. The van der Waals surface area contributed by atoms with Crippen LogP contribution in [0.25, 0.3) is 0 Å². The van der Waals surface area contributed by atoms with E-state index in [1.807, 2.05) is 0 Å². The van der Waals surface area contributed by atoms with Gasteiger partial charge in [0, 0.05) is 6.20 Å². The number of alkyl halides is 2. The number of nitrogen functional groups attached to an aromatic ring is 1. The third-order valence-corrected chi connectivity index (χ3v) is 4.35. The maximum Gasteiger partial charge on any atom is 0.351 e. The molecule has 9 nitrogen and oxygen atoms in total. The summed E-state index contributed by atoms with van der Waals surface area (Å²) in [7, 11) is 0. The molecule has 0 aliphatic carbocycles. The standard InChI is InChI=1S/C18H25F2N3O6/c1-8(2)14(24)27-10(5)12-13(29-15(25)9(3)4)18(19,20)16(28-12)23-7-6-11(21)22-17(23)26/h6-10,12-13,16H,1-5H3,(H2,21,22,26). The molecular weight excluding hydrogens is 392 g/mol. The van der Waals surface area contributed by atoms with Crippen LogP contribution in [0, 0.1) is 11.8 Å². The number of aromatic nitrogens is 2. The SMILES string of the molecule is CC(C)C(=O)OC(C)C1OC(n2ccc(N)nc2=O)C(F)(F)C1OC(=O)C(C)C. The molecule has 0 spiro atoms. The lowest BCUT2D eigenvalue weighted by atomic mass is 10.0. The lowest BCUT2D eigenvalue weighted by Crippen LogP contribution is -2.47. The molecule has 0 radical (unpaired) electrons. The largest absolute Gasteiger partial charge is 0.460 e. The highest BCUT2D eigenvalue weighted by molar-refractivity contribution is 5.72. The van der Waals surface area contributed by atoms with Crippen LogP contribution in [0.5, 0.6) is 0 Å². The number of hydrogen-bond donors (Lipinski definition) is 1. The van der Waals surface area contributed by atoms with Gasteiger partial charge in [-0.3, -0.25) is 14.2 Å². The van der Waals surface area contributed by atoms with Crippen molar-refractivity contribution in [3.05, 3.63) is 22.7 Å². The van der Waals surface area contributed by atoms with Crippen LogP contribution >= 0.6 is 0 Å². The van der Waals surface area contributed by atoms with E-state index in [1.54, 1.807) is 13.8 Å². The second-order valence-corrected chi connectivity index (χ2v) is 7.48. The van der Waals surface area contributed by atoms with Gasteiger partial charge in [-0.15, -0.1) is 0 Å². The van der Waals surface area contributed by atoms with Crippen molar-refractivity contribution < 1.29 is 32.6 Å². The zero-order valence-electron chi connectivity index (χ0n) is 16.8. The van der Waals surface area contributed by atoms with Crippen LogP contribution in [-0.4, -0.2) is 45.7 Å². The molecule has 4 unspecified atom stereocenters. The number of esters is 2. The first-order valence-electron chi connectivity index (χ1n) is 9.15. The number of carbonyl (C=O) groups is 2. The van der Waals surface area contributed by atoms with E-state index in [0.717, 1.165) is 12.3 Å². The van der Waals surface area contributed by atoms with Crippen molar-refractivity contribution in [3.8, 4) is 0 Å². The monoisotopic (exact) mass is 417 g/mol. The third kappa shape index (κ3) is 4.72. The number of halogens is 2. The quantitative estimate of drug-likeness (QED) is 0.691. The van der Waals surface area contributed by atoms with Gasteiger partial charge in [0.1, 0.15) is 18.0 Å². The predicted molar refractivity (Wildman–Crippen MR) is 96.9 cm³/mol. The fourth-order valence-corrected chi connectivity index (χ4v) is 2.68. The lowest BCUT2D eigenvalue weighted by Gasteiger charge is -2.27. The number of hydrogen-bond acceptors (Lipinski definition) is 8. The maximum absolute atomic E-state index is 15.2. The van der Waals surface area contributed by atoms with Crippen LogP contribution in [-0.2, 0) is 23.8 Å². The topological polar surface area (TPSA) is 123 Å². The Morgan fingerprint density at radius 1 is 1.21 bits per heavy atom. The summed E-state index contributed by atoms with van der Waals surface area (Å²) in [5, 5.41) is 0. The number of nitrogens with zero attached hydrogens (tertiary/aromatic N) is 2. The van der Waals surface area contributed by atoms with Crippen molar-refractivity contribution in [1.29, 1.82) is 0 Å². The average molecular weight is 417 g/mol. The average Bonchev–Trinajstić information content (AvgIpc) is 2.86. The first kappa shape index (κ1) is 22.7. The maximum atomic E-state index is 15.2. The van der Waals surface area contributed by atoms with Crippen LogP contribution in [0.15, 0.2) is 17.1 Å². The van der Waals surface area contributed by atoms with Crippen molar-refractivity contribution in [2.24, 2.45) is 11.8 Å². The van der Waals surface area contributed by atoms with Crippen molar-refractivity contribution >= 4 is 17.8 Å². The van der Waals surface area contributed by atoms with Gasteiger partial charge in [-0.25, -0.2) is 4.79 Å². The highest BCUT2D eigenvalue weighted by Crippen LogP contribution is 2.45. The summed E-state index contributed by atoms with van der Waals surface area (Å²) in [6.07, 6.45) is -5.88. The Bertz CT molecular complexity index is 826. The Labute approximate surface area is 166 Å². The molecule has 0 amide bonds. The molecule has 11 heteroatoms. The number of rotatable bonds is 6. The molecule has 1 saturated heterocycles. The summed E-state index contributed by atoms with van der Waals surface area (Å²) in [6, 6.07) is 1.16. The lowest BCUT2D eigenvalue weighted by molar-refractivity contribution is -0.181. The number of anilines is 1. The number of carbonyl (C=O) groups excluding carboxylic acids is 2. The van der Waals surface area contributed by atoms with Gasteiger partial charge in [0.25, 0.3) is 0 Å². The second kappa shape index (κ2) is 8.44. The van der Waals surface area contributed by atoms with Gasteiger partial charge < -0.3 is 19.9 Å². The van der Waals surface area contributed by atoms with Crippen LogP contribution < -0.4 is 11.4 Å². The molecule has 1 aliphatic rings. The van der Waals surface area contributed by atoms with E-state index < -0.39 is 59.9 Å². The molecule has 1 fully saturated rings. The summed E-state index contributed by atoms with van der Waals surface area (Å²) in [5.74, 6) is -6.65. The molecule has 4 atom stereocenters. The minimum Gasteiger partial charge on any atom is -0.460 e. The van der Waals surface area contributed by atoms with Crippen molar-refractivity contribution in [3.63, 3.8) is 0 Å². The molecule has 29 heavy (non-hydrogen) atoms. The Balaban J connectivity index is 2.42. The molecule has 2 N–H and O–H groups in total. The minimum atomic E-state index is -3.81. The van der Waals surface area contributed by atoms with Gasteiger partial charge in [-0.05, 0) is 13.0 Å². The highest BCUT2D eigenvalue weighted by Gasteiger charge is 2.64. The minimum absolute atomic E-state index is 0.147. The van der Waals surface area contributed by atoms with Crippen LogP contribution in [0.4, 0.5) is 14.6 Å². The molecule has 1 aromatic rings. The molecule has 2 heterocycles. The summed E-state index contributed by atoms with van der Waals surface area (Å²) in [5.41, 5.74) is 4.34. The van der Waals surface area contributed by atoms with Crippen molar-refractivity contribution in [1.82, 2.24) is 9.55 Å². The van der Waals surface area contributed by atoms with E-state index in [0.29, 0.717) is 4.57 Å². The Kier molecular flexibility index (Phi) is 6.61. The first-order chi connectivity index (χ1) is 13.4. The Morgan fingerprint density at radius 2 is 1.79 bits per heavy atom. The van der Waals surface area contributed by atoms with E-state index in [-0.39, 0.29) is 5.82 Å². The van der Waals surface area contributed by atoms with Gasteiger partial charge in [-0.2, -0.15) is 13.8 Å². The molecular formula is C18H25F2N3O6. The Morgan fingerprint density at radius 3 is 2.31 bits per heavy atom. The van der Waals surface area contributed by atoms with Gasteiger partial charge in [-0.1, -0.05) is 27.7 Å². The fourth-order valence-electron chi connectivity index (χ4n) is 2.68. The molecule has 0 saturated carbocycles. The van der Waals surface area contributed by atoms with Gasteiger partial charge in [0.15, 0.2) is 6.10 Å². The number of ether oxygens (including phenoxy) is 3. The van der Waals surface area contributed by atoms with Crippen molar-refractivity contribution in [2.75, 3.05) is 5.73 Å². The normalized spacial score (nSPS) is 24.5. The molecule has 0 aromatic carbocycles. The van der Waals surface area contributed by atoms with Crippen LogP contribution in [0.2, 0.25) is 0 Å². The van der Waals surface area contributed by atoms with E-state index in [2.05, 4.69) is 4.98 Å². The molecule has 0 bridgehead atoms. The zero-order chi connectivity index (χ0) is 22.1. The van der Waals surface area contributed by atoms with Gasteiger partial charge in [0.05, 0.1) is 11.8 Å².